The van der Waals surface area contributed by atoms with Crippen molar-refractivity contribution in [3.63, 3.8) is 0 Å². The first-order chi connectivity index (χ1) is 9.77. The molecule has 0 bridgehead atoms. The minimum absolute atomic E-state index is 0.203. The number of anilines is 1. The summed E-state index contributed by atoms with van der Waals surface area (Å²) >= 11 is 0. The summed E-state index contributed by atoms with van der Waals surface area (Å²) < 4.78 is 37.6. The van der Waals surface area contributed by atoms with Gasteiger partial charge < -0.3 is 20.5 Å². The number of aromatic amines is 1. The Kier molecular flexibility index (Phi) is 3.87. The van der Waals surface area contributed by atoms with Crippen LogP contribution in [0.1, 0.15) is 5.56 Å². The highest BCUT2D eigenvalue weighted by molar-refractivity contribution is 5.92. The molecule has 3 N–H and O–H groups in total. The third-order valence-electron chi connectivity index (χ3n) is 2.80. The van der Waals surface area contributed by atoms with Crippen LogP contribution in [-0.4, -0.2) is 41.5 Å². The van der Waals surface area contributed by atoms with Crippen LogP contribution in [-0.2, 0) is 11.0 Å². The highest BCUT2D eigenvalue weighted by Gasteiger charge is 2.32. The summed E-state index contributed by atoms with van der Waals surface area (Å²) in [6, 6.07) is -0.268. The zero-order valence-electron chi connectivity index (χ0n) is 10.6. The highest BCUT2D eigenvalue weighted by atomic mass is 19.4. The van der Waals surface area contributed by atoms with Crippen molar-refractivity contribution in [3.05, 3.63) is 28.2 Å². The number of piperazine rings is 1. The van der Waals surface area contributed by atoms with Crippen molar-refractivity contribution in [1.82, 2.24) is 15.2 Å². The minimum Gasteiger partial charge on any atom is -0.353 e. The molecule has 1 saturated heterocycles. The van der Waals surface area contributed by atoms with Crippen LogP contribution in [0, 0.1) is 0 Å². The number of aromatic nitrogens is 1. The maximum Gasteiger partial charge on any atom is 0.417 e. The van der Waals surface area contributed by atoms with Crippen LogP contribution in [0.5, 0.6) is 0 Å². The van der Waals surface area contributed by atoms with Crippen LogP contribution in [0.15, 0.2) is 17.1 Å². The van der Waals surface area contributed by atoms with Gasteiger partial charge >= 0.3 is 12.2 Å². The number of hydrogen-bond acceptors (Lipinski definition) is 3. The van der Waals surface area contributed by atoms with Crippen molar-refractivity contribution < 1.29 is 22.8 Å². The first-order valence-corrected chi connectivity index (χ1v) is 5.90. The number of urea groups is 1. The SMILES string of the molecule is O=C1CN(C(=O)Nc2cc(C(F)(F)F)c[nH]c2=O)CCN1. The second kappa shape index (κ2) is 5.46. The molecule has 21 heavy (non-hydrogen) atoms. The average molecular weight is 304 g/mol. The number of nitrogens with one attached hydrogen (secondary N) is 3. The molecule has 1 fully saturated rings. The molecular formula is C11H11F3N4O3. The van der Waals surface area contributed by atoms with E-state index < -0.39 is 29.0 Å². The fraction of sp³-hybridized carbons (Fsp3) is 0.364. The summed E-state index contributed by atoms with van der Waals surface area (Å²) in [5, 5.41) is 4.57. The number of amides is 3. The average Bonchev–Trinajstić information content (AvgIpc) is 2.40. The van der Waals surface area contributed by atoms with Gasteiger partial charge in [0.15, 0.2) is 0 Å². The standard InChI is InChI=1S/C11H11F3N4O3/c12-11(13,14)6-3-7(9(20)16-4-6)17-10(21)18-2-1-15-8(19)5-18/h3-4H,1-2,5H2,(H,15,19)(H,16,20)(H,17,21). The lowest BCUT2D eigenvalue weighted by molar-refractivity contribution is -0.137. The number of halogens is 3. The Bertz CT molecular complexity index is 626. The molecule has 10 heteroatoms. The van der Waals surface area contributed by atoms with Crippen LogP contribution in [0.4, 0.5) is 23.7 Å². The third-order valence-corrected chi connectivity index (χ3v) is 2.80. The van der Waals surface area contributed by atoms with Crippen LogP contribution in [0.2, 0.25) is 0 Å². The predicted octanol–water partition coefficient (Wildman–Crippen LogP) is 0.357. The molecule has 1 aromatic heterocycles. The van der Waals surface area contributed by atoms with E-state index in [1.54, 1.807) is 0 Å². The van der Waals surface area contributed by atoms with E-state index >= 15 is 0 Å². The molecule has 7 nitrogen and oxygen atoms in total. The molecule has 1 aliphatic heterocycles. The smallest absolute Gasteiger partial charge is 0.353 e. The summed E-state index contributed by atoms with van der Waals surface area (Å²) in [5.74, 6) is -0.380. The molecule has 2 heterocycles. The van der Waals surface area contributed by atoms with Crippen molar-refractivity contribution in [1.29, 1.82) is 0 Å². The van der Waals surface area contributed by atoms with Gasteiger partial charge in [-0.25, -0.2) is 4.79 Å². The van der Waals surface area contributed by atoms with E-state index in [0.717, 1.165) is 4.90 Å². The monoisotopic (exact) mass is 304 g/mol. The molecule has 3 amide bonds. The van der Waals surface area contributed by atoms with Crippen LogP contribution < -0.4 is 16.2 Å². The topological polar surface area (TPSA) is 94.3 Å². The number of pyridine rings is 1. The first kappa shape index (κ1) is 14.9. The van der Waals surface area contributed by atoms with Crippen LogP contribution >= 0.6 is 0 Å². The van der Waals surface area contributed by atoms with E-state index in [1.807, 2.05) is 4.98 Å². The maximum absolute atomic E-state index is 12.5. The Morgan fingerprint density at radius 2 is 2.05 bits per heavy atom. The van der Waals surface area contributed by atoms with Gasteiger partial charge in [-0.2, -0.15) is 13.2 Å². The molecule has 0 aromatic carbocycles. The van der Waals surface area contributed by atoms with Crippen molar-refractivity contribution in [2.75, 3.05) is 25.0 Å². The van der Waals surface area contributed by atoms with E-state index in [1.165, 1.54) is 0 Å². The summed E-state index contributed by atoms with van der Waals surface area (Å²) in [6.07, 6.45) is -4.12. The number of carbonyl (C=O) groups is 2. The van der Waals surface area contributed by atoms with Crippen molar-refractivity contribution in [2.24, 2.45) is 0 Å². The Morgan fingerprint density at radius 1 is 1.33 bits per heavy atom. The summed E-state index contributed by atoms with van der Waals surface area (Å²) in [4.78, 5) is 37.4. The van der Waals surface area contributed by atoms with Gasteiger partial charge in [-0.15, -0.1) is 0 Å². The number of nitrogens with zero attached hydrogens (tertiary/aromatic N) is 1. The lowest BCUT2D eigenvalue weighted by Crippen LogP contribution is -2.51. The van der Waals surface area contributed by atoms with Gasteiger partial charge in [0, 0.05) is 19.3 Å². The van der Waals surface area contributed by atoms with Gasteiger partial charge in [0.25, 0.3) is 5.56 Å². The molecule has 0 aliphatic carbocycles. The number of rotatable bonds is 1. The van der Waals surface area contributed by atoms with Gasteiger partial charge in [-0.05, 0) is 6.07 Å². The molecule has 1 aromatic rings. The van der Waals surface area contributed by atoms with E-state index in [9.17, 15) is 27.6 Å². The van der Waals surface area contributed by atoms with Crippen molar-refractivity contribution in [2.45, 2.75) is 6.18 Å². The predicted molar refractivity (Wildman–Crippen MR) is 65.7 cm³/mol. The fourth-order valence-corrected chi connectivity index (χ4v) is 1.75. The van der Waals surface area contributed by atoms with E-state index in [-0.39, 0.29) is 25.5 Å². The van der Waals surface area contributed by atoms with Gasteiger partial charge in [-0.1, -0.05) is 0 Å². The molecule has 0 saturated carbocycles. The normalized spacial score (nSPS) is 15.6. The van der Waals surface area contributed by atoms with Gasteiger partial charge in [0.1, 0.15) is 12.2 Å². The van der Waals surface area contributed by atoms with Crippen LogP contribution in [0.25, 0.3) is 0 Å². The Morgan fingerprint density at radius 3 is 2.67 bits per heavy atom. The minimum atomic E-state index is -4.64. The lowest BCUT2D eigenvalue weighted by atomic mass is 10.2. The second-order valence-electron chi connectivity index (χ2n) is 4.33. The molecule has 0 atom stereocenters. The second-order valence-corrected chi connectivity index (χ2v) is 4.33. The van der Waals surface area contributed by atoms with Crippen molar-refractivity contribution in [3.8, 4) is 0 Å². The summed E-state index contributed by atoms with van der Waals surface area (Å²) in [6.45, 7) is 0.225. The quantitative estimate of drug-likeness (QED) is 0.699. The molecule has 0 radical (unpaired) electrons. The highest BCUT2D eigenvalue weighted by Crippen LogP contribution is 2.29. The zero-order valence-corrected chi connectivity index (χ0v) is 10.6. The number of carbonyl (C=O) groups excluding carboxylic acids is 2. The Balaban J connectivity index is 2.17. The molecule has 2 rings (SSSR count). The summed E-state index contributed by atoms with van der Waals surface area (Å²) in [5.41, 5.74) is -2.48. The summed E-state index contributed by atoms with van der Waals surface area (Å²) in [7, 11) is 0. The van der Waals surface area contributed by atoms with E-state index in [2.05, 4.69) is 10.6 Å². The van der Waals surface area contributed by atoms with E-state index in [4.69, 9.17) is 0 Å². The Hall–Kier alpha value is -2.52. The molecular weight excluding hydrogens is 293 g/mol. The Labute approximate surface area is 116 Å². The van der Waals surface area contributed by atoms with Gasteiger partial charge in [-0.3, -0.25) is 9.59 Å². The number of alkyl halides is 3. The molecule has 0 spiro atoms. The zero-order chi connectivity index (χ0) is 15.6. The van der Waals surface area contributed by atoms with Gasteiger partial charge in [0.05, 0.1) is 5.56 Å². The maximum atomic E-state index is 12.5. The molecule has 0 unspecified atom stereocenters. The van der Waals surface area contributed by atoms with Gasteiger partial charge in [0.2, 0.25) is 5.91 Å². The number of hydrogen-bond donors (Lipinski definition) is 3. The van der Waals surface area contributed by atoms with Crippen molar-refractivity contribution >= 4 is 17.6 Å². The fourth-order valence-electron chi connectivity index (χ4n) is 1.75. The van der Waals surface area contributed by atoms with Crippen LogP contribution in [0.3, 0.4) is 0 Å². The lowest BCUT2D eigenvalue weighted by Gasteiger charge is -2.26. The largest absolute Gasteiger partial charge is 0.417 e. The first-order valence-electron chi connectivity index (χ1n) is 5.90. The van der Waals surface area contributed by atoms with E-state index in [0.29, 0.717) is 12.3 Å². The molecule has 1 aliphatic rings. The third kappa shape index (κ3) is 3.52. The number of H-pyrrole nitrogens is 1. The molecule has 114 valence electrons.